The summed E-state index contributed by atoms with van der Waals surface area (Å²) in [6.45, 7) is 0. The third kappa shape index (κ3) is 3.61. The van der Waals surface area contributed by atoms with Crippen molar-refractivity contribution in [1.82, 2.24) is 9.97 Å². The topological polar surface area (TPSA) is 63.1 Å². The van der Waals surface area contributed by atoms with Gasteiger partial charge >= 0.3 is 5.97 Å². The highest BCUT2D eigenvalue weighted by atomic mass is 32.2. The van der Waals surface area contributed by atoms with E-state index in [4.69, 9.17) is 5.11 Å². The maximum absolute atomic E-state index is 10.7. The van der Waals surface area contributed by atoms with Crippen LogP contribution in [-0.4, -0.2) is 33.1 Å². The molecule has 1 fully saturated rings. The zero-order chi connectivity index (χ0) is 12.3. The van der Waals surface area contributed by atoms with Crippen LogP contribution in [-0.2, 0) is 4.79 Å². The average molecular weight is 270 g/mol. The lowest BCUT2D eigenvalue weighted by Crippen LogP contribution is -2.11. The number of aromatic nitrogens is 2. The van der Waals surface area contributed by atoms with E-state index >= 15 is 0 Å². The molecule has 0 unspecified atom stereocenters. The minimum absolute atomic E-state index is 0.0149. The number of carboxylic acids is 1. The molecule has 17 heavy (non-hydrogen) atoms. The van der Waals surface area contributed by atoms with Crippen molar-refractivity contribution in [3.63, 3.8) is 0 Å². The summed E-state index contributed by atoms with van der Waals surface area (Å²) < 4.78 is 0. The van der Waals surface area contributed by atoms with Gasteiger partial charge in [0.1, 0.15) is 16.4 Å². The van der Waals surface area contributed by atoms with Gasteiger partial charge in [-0.05, 0) is 24.5 Å². The maximum Gasteiger partial charge on any atom is 0.303 e. The van der Waals surface area contributed by atoms with Crippen LogP contribution >= 0.6 is 23.5 Å². The second-order valence-corrected chi connectivity index (χ2v) is 6.08. The molecule has 0 radical (unpaired) electrons. The van der Waals surface area contributed by atoms with E-state index in [1.54, 1.807) is 29.9 Å². The first-order valence-corrected chi connectivity index (χ1v) is 7.55. The normalized spacial score (nSPS) is 16.8. The van der Waals surface area contributed by atoms with E-state index in [1.165, 1.54) is 0 Å². The summed E-state index contributed by atoms with van der Waals surface area (Å²) in [5.74, 6) is 0.139. The van der Waals surface area contributed by atoms with E-state index in [2.05, 4.69) is 9.97 Å². The second kappa shape index (κ2) is 5.27. The molecule has 1 aromatic heterocycles. The largest absolute Gasteiger partial charge is 0.481 e. The number of hydrogen-bond acceptors (Lipinski definition) is 5. The molecule has 1 aliphatic carbocycles. The van der Waals surface area contributed by atoms with Crippen molar-refractivity contribution in [3.05, 3.63) is 12.4 Å². The first-order valence-electron chi connectivity index (χ1n) is 5.34. The summed E-state index contributed by atoms with van der Waals surface area (Å²) in [6.07, 6.45) is 5.86. The number of carbonyl (C=O) groups is 1. The standard InChI is InChI=1S/C11H14N2O2S2/c1-16-8-4-9(13-7-12-8)17-6-11(2-3-11)5-10(14)15/h4,7H,2-3,5-6H2,1H3,(H,14,15). The predicted octanol–water partition coefficient (Wildman–Crippen LogP) is 2.55. The molecule has 0 amide bonds. The van der Waals surface area contributed by atoms with Crippen molar-refractivity contribution < 1.29 is 9.90 Å². The SMILES string of the molecule is CSc1cc(SCC2(CC(=O)O)CC2)ncn1. The zero-order valence-electron chi connectivity index (χ0n) is 9.55. The van der Waals surface area contributed by atoms with Crippen molar-refractivity contribution in [2.24, 2.45) is 5.41 Å². The Bertz CT molecular complexity index is 422. The quantitative estimate of drug-likeness (QED) is 0.633. The number of hydrogen-bond donors (Lipinski definition) is 1. The Balaban J connectivity index is 1.91. The summed E-state index contributed by atoms with van der Waals surface area (Å²) >= 11 is 3.22. The van der Waals surface area contributed by atoms with E-state index < -0.39 is 5.97 Å². The van der Waals surface area contributed by atoms with Crippen LogP contribution in [0.4, 0.5) is 0 Å². The van der Waals surface area contributed by atoms with Crippen molar-refractivity contribution in [3.8, 4) is 0 Å². The van der Waals surface area contributed by atoms with Gasteiger partial charge in [-0.2, -0.15) is 0 Å². The molecule has 1 aromatic rings. The van der Waals surface area contributed by atoms with E-state index in [9.17, 15) is 4.79 Å². The van der Waals surface area contributed by atoms with Crippen molar-refractivity contribution in [1.29, 1.82) is 0 Å². The Hall–Kier alpha value is -0.750. The minimum Gasteiger partial charge on any atom is -0.481 e. The first-order chi connectivity index (χ1) is 8.13. The number of nitrogens with zero attached hydrogens (tertiary/aromatic N) is 2. The van der Waals surface area contributed by atoms with Crippen molar-refractivity contribution in [2.75, 3.05) is 12.0 Å². The molecular formula is C11H14N2O2S2. The highest BCUT2D eigenvalue weighted by molar-refractivity contribution is 7.99. The monoisotopic (exact) mass is 270 g/mol. The molecule has 0 spiro atoms. The Morgan fingerprint density at radius 2 is 2.18 bits per heavy atom. The molecule has 6 heteroatoms. The Morgan fingerprint density at radius 1 is 1.47 bits per heavy atom. The fourth-order valence-corrected chi connectivity index (χ4v) is 3.23. The van der Waals surface area contributed by atoms with Gasteiger partial charge in [-0.1, -0.05) is 0 Å². The van der Waals surface area contributed by atoms with Gasteiger partial charge < -0.3 is 5.11 Å². The number of carboxylic acid groups (broad SMARTS) is 1. The van der Waals surface area contributed by atoms with Gasteiger partial charge in [0.25, 0.3) is 0 Å². The van der Waals surface area contributed by atoms with Crippen molar-refractivity contribution >= 4 is 29.5 Å². The highest BCUT2D eigenvalue weighted by Crippen LogP contribution is 2.51. The Kier molecular flexibility index (Phi) is 3.93. The summed E-state index contributed by atoms with van der Waals surface area (Å²) in [4.78, 5) is 19.0. The van der Waals surface area contributed by atoms with Crippen LogP contribution in [0.5, 0.6) is 0 Å². The second-order valence-electron chi connectivity index (χ2n) is 4.26. The summed E-state index contributed by atoms with van der Waals surface area (Å²) in [5, 5.41) is 10.7. The lowest BCUT2D eigenvalue weighted by atomic mass is 10.1. The predicted molar refractivity (Wildman–Crippen MR) is 68.5 cm³/mol. The van der Waals surface area contributed by atoms with E-state index in [0.29, 0.717) is 0 Å². The molecule has 0 saturated heterocycles. The van der Waals surface area contributed by atoms with Gasteiger partial charge in [0, 0.05) is 11.8 Å². The fraction of sp³-hybridized carbons (Fsp3) is 0.545. The van der Waals surface area contributed by atoms with Crippen LogP contribution in [0.3, 0.4) is 0 Å². The van der Waals surface area contributed by atoms with E-state index in [0.717, 1.165) is 28.6 Å². The van der Waals surface area contributed by atoms with Gasteiger partial charge in [0.15, 0.2) is 0 Å². The van der Waals surface area contributed by atoms with Gasteiger partial charge in [-0.25, -0.2) is 9.97 Å². The number of aliphatic carboxylic acids is 1. The molecule has 1 heterocycles. The lowest BCUT2D eigenvalue weighted by Gasteiger charge is -2.11. The number of rotatable bonds is 6. The maximum atomic E-state index is 10.7. The molecular weight excluding hydrogens is 256 g/mol. The molecule has 0 atom stereocenters. The van der Waals surface area contributed by atoms with Gasteiger partial charge in [0.05, 0.1) is 6.42 Å². The molecule has 2 rings (SSSR count). The average Bonchev–Trinajstić information content (AvgIpc) is 3.06. The summed E-state index contributed by atoms with van der Waals surface area (Å²) in [7, 11) is 0. The van der Waals surface area contributed by atoms with Crippen LogP contribution in [0.15, 0.2) is 22.4 Å². The molecule has 0 bridgehead atoms. The van der Waals surface area contributed by atoms with Crippen LogP contribution in [0.2, 0.25) is 0 Å². The molecule has 1 N–H and O–H groups in total. The molecule has 1 saturated carbocycles. The van der Waals surface area contributed by atoms with Gasteiger partial charge in [-0.3, -0.25) is 4.79 Å². The molecule has 1 aliphatic rings. The van der Waals surface area contributed by atoms with Crippen molar-refractivity contribution in [2.45, 2.75) is 29.3 Å². The first kappa shape index (κ1) is 12.7. The number of thioether (sulfide) groups is 2. The Morgan fingerprint density at radius 3 is 2.76 bits per heavy atom. The van der Waals surface area contributed by atoms with Crippen LogP contribution < -0.4 is 0 Å². The van der Waals surface area contributed by atoms with Crippen LogP contribution in [0, 0.1) is 5.41 Å². The van der Waals surface area contributed by atoms with Crippen LogP contribution in [0.25, 0.3) is 0 Å². The van der Waals surface area contributed by atoms with Crippen LogP contribution in [0.1, 0.15) is 19.3 Å². The van der Waals surface area contributed by atoms with E-state index in [-0.39, 0.29) is 11.8 Å². The minimum atomic E-state index is -0.699. The third-order valence-corrected chi connectivity index (χ3v) is 4.75. The third-order valence-electron chi connectivity index (χ3n) is 2.84. The zero-order valence-corrected chi connectivity index (χ0v) is 11.2. The fourth-order valence-electron chi connectivity index (χ4n) is 1.61. The smallest absolute Gasteiger partial charge is 0.303 e. The molecule has 4 nitrogen and oxygen atoms in total. The summed E-state index contributed by atoms with van der Waals surface area (Å²) in [5.41, 5.74) is 0.0149. The molecule has 0 aromatic carbocycles. The van der Waals surface area contributed by atoms with Gasteiger partial charge in [-0.15, -0.1) is 23.5 Å². The Labute approximate surface area is 109 Å². The summed E-state index contributed by atoms with van der Waals surface area (Å²) in [6, 6.07) is 1.95. The highest BCUT2D eigenvalue weighted by Gasteiger charge is 2.44. The molecule has 92 valence electrons. The molecule has 0 aliphatic heterocycles. The van der Waals surface area contributed by atoms with Gasteiger partial charge in [0.2, 0.25) is 0 Å². The van der Waals surface area contributed by atoms with E-state index in [1.807, 2.05) is 12.3 Å². The lowest BCUT2D eigenvalue weighted by molar-refractivity contribution is -0.138.